The van der Waals surface area contributed by atoms with Crippen molar-refractivity contribution >= 4 is 49.0 Å². The van der Waals surface area contributed by atoms with Crippen molar-refractivity contribution in [3.63, 3.8) is 0 Å². The molecule has 1 aromatic carbocycles. The molecule has 0 bridgehead atoms. The van der Waals surface area contributed by atoms with Crippen LogP contribution >= 0.6 is 39.1 Å². The van der Waals surface area contributed by atoms with Crippen LogP contribution in [0.2, 0.25) is 0 Å². The molecule has 18 heavy (non-hydrogen) atoms. The van der Waals surface area contributed by atoms with E-state index in [1.807, 2.05) is 24.3 Å². The highest BCUT2D eigenvalue weighted by atomic mass is 79.9. The van der Waals surface area contributed by atoms with Crippen LogP contribution in [-0.2, 0) is 15.3 Å². The molecule has 0 aliphatic rings. The molecule has 102 valence electrons. The highest BCUT2D eigenvalue weighted by molar-refractivity contribution is 9.10. The van der Waals surface area contributed by atoms with Gasteiger partial charge in [0.05, 0.1) is 5.75 Å². The summed E-state index contributed by atoms with van der Waals surface area (Å²) >= 11 is 15.6. The lowest BCUT2D eigenvalue weighted by Crippen LogP contribution is -2.33. The summed E-state index contributed by atoms with van der Waals surface area (Å²) in [6.45, 7) is 0. The van der Waals surface area contributed by atoms with Gasteiger partial charge in [0.2, 0.25) is 0 Å². The molecule has 0 saturated carbocycles. The number of hydrogen-bond donors (Lipinski definition) is 0. The van der Waals surface area contributed by atoms with Gasteiger partial charge in [0, 0.05) is 27.9 Å². The number of alkyl halides is 2. The van der Waals surface area contributed by atoms with Gasteiger partial charge < -0.3 is 0 Å². The van der Waals surface area contributed by atoms with E-state index in [1.54, 1.807) is 0 Å². The first kappa shape index (κ1) is 16.3. The molecule has 0 aliphatic carbocycles. The van der Waals surface area contributed by atoms with E-state index < -0.39 is 15.3 Å². The second-order valence-electron chi connectivity index (χ2n) is 4.41. The van der Waals surface area contributed by atoms with Gasteiger partial charge in [-0.15, -0.1) is 23.2 Å². The minimum atomic E-state index is -3.03. The summed E-state index contributed by atoms with van der Waals surface area (Å²) in [5.74, 6) is 0.650. The Morgan fingerprint density at radius 1 is 1.22 bits per heavy atom. The second-order valence-corrected chi connectivity index (χ2v) is 8.06. The monoisotopic (exact) mass is 372 g/mol. The Balaban J connectivity index is 3.11. The third-order valence-corrected chi connectivity index (χ3v) is 5.57. The third kappa shape index (κ3) is 4.12. The molecule has 0 N–H and O–H groups in total. The number of hydrogen-bond acceptors (Lipinski definition) is 2. The Morgan fingerprint density at radius 2 is 1.78 bits per heavy atom. The fraction of sp³-hybridized carbons (Fsp3) is 0.500. The van der Waals surface area contributed by atoms with Gasteiger partial charge in [-0.3, -0.25) is 0 Å². The van der Waals surface area contributed by atoms with Crippen LogP contribution < -0.4 is 0 Å². The maximum absolute atomic E-state index is 11.3. The van der Waals surface area contributed by atoms with E-state index in [2.05, 4.69) is 15.9 Å². The normalized spacial score (nSPS) is 12.7. The molecular weight excluding hydrogens is 359 g/mol. The van der Waals surface area contributed by atoms with E-state index in [0.717, 1.165) is 10.0 Å². The third-order valence-electron chi connectivity index (χ3n) is 2.91. The Bertz CT molecular complexity index is 499. The summed E-state index contributed by atoms with van der Waals surface area (Å²) in [6.07, 6.45) is 1.64. The second kappa shape index (κ2) is 6.60. The number of benzene rings is 1. The largest absolute Gasteiger partial charge is 0.229 e. The number of sulfone groups is 1. The Labute approximate surface area is 127 Å². The van der Waals surface area contributed by atoms with Crippen molar-refractivity contribution in [1.29, 1.82) is 0 Å². The molecule has 1 rings (SSSR count). The zero-order valence-electron chi connectivity index (χ0n) is 10.00. The molecule has 0 saturated heterocycles. The van der Waals surface area contributed by atoms with Crippen molar-refractivity contribution in [3.05, 3.63) is 34.3 Å². The van der Waals surface area contributed by atoms with E-state index in [-0.39, 0.29) is 17.5 Å². The summed E-state index contributed by atoms with van der Waals surface area (Å²) in [7, 11) is -3.03. The molecular formula is C12H15BrCl2O2S. The standard InChI is InChI=1S/C12H15BrCl2O2S/c1-18(16,17)7-6-12(8-14,9-15)10-4-2-3-5-11(10)13/h2-5H,6-9H2,1H3. The molecule has 0 unspecified atom stereocenters. The van der Waals surface area contributed by atoms with Crippen LogP contribution in [0.5, 0.6) is 0 Å². The molecule has 1 aromatic rings. The highest BCUT2D eigenvalue weighted by Gasteiger charge is 2.33. The summed E-state index contributed by atoms with van der Waals surface area (Å²) in [6, 6.07) is 7.63. The van der Waals surface area contributed by atoms with E-state index in [0.29, 0.717) is 6.42 Å². The van der Waals surface area contributed by atoms with Crippen molar-refractivity contribution in [2.75, 3.05) is 23.8 Å². The van der Waals surface area contributed by atoms with Crippen LogP contribution in [0.3, 0.4) is 0 Å². The van der Waals surface area contributed by atoms with Gasteiger partial charge in [-0.1, -0.05) is 34.1 Å². The van der Waals surface area contributed by atoms with Gasteiger partial charge in [0.1, 0.15) is 9.84 Å². The lowest BCUT2D eigenvalue weighted by molar-refractivity contribution is 0.510. The molecule has 6 heteroatoms. The molecule has 0 spiro atoms. The van der Waals surface area contributed by atoms with E-state index >= 15 is 0 Å². The van der Waals surface area contributed by atoms with Crippen LogP contribution in [0.1, 0.15) is 12.0 Å². The number of rotatable bonds is 6. The van der Waals surface area contributed by atoms with Crippen LogP contribution in [-0.4, -0.2) is 32.2 Å². The predicted octanol–water partition coefficient (Wildman–Crippen LogP) is 3.60. The molecule has 0 amide bonds. The average Bonchev–Trinajstić information content (AvgIpc) is 2.31. The number of halogens is 3. The Morgan fingerprint density at radius 3 is 2.22 bits per heavy atom. The van der Waals surface area contributed by atoms with E-state index in [9.17, 15) is 8.42 Å². The smallest absolute Gasteiger partial charge is 0.147 e. The molecule has 0 aliphatic heterocycles. The SMILES string of the molecule is CS(=O)(=O)CCC(CCl)(CCl)c1ccccc1Br. The van der Waals surface area contributed by atoms with Crippen molar-refractivity contribution < 1.29 is 8.42 Å². The molecule has 0 atom stereocenters. The topological polar surface area (TPSA) is 34.1 Å². The van der Waals surface area contributed by atoms with Crippen molar-refractivity contribution in [3.8, 4) is 0 Å². The summed E-state index contributed by atoms with van der Waals surface area (Å²) in [5.41, 5.74) is 0.436. The zero-order chi connectivity index (χ0) is 13.8. The maximum atomic E-state index is 11.3. The minimum absolute atomic E-state index is 0.0772. The molecule has 0 fully saturated rings. The Kier molecular flexibility index (Phi) is 5.97. The summed E-state index contributed by atoms with van der Waals surface area (Å²) in [4.78, 5) is 0. The summed E-state index contributed by atoms with van der Waals surface area (Å²) < 4.78 is 23.6. The van der Waals surface area contributed by atoms with Gasteiger partial charge in [-0.25, -0.2) is 8.42 Å². The fourth-order valence-corrected chi connectivity index (χ4v) is 4.03. The van der Waals surface area contributed by atoms with Crippen molar-refractivity contribution in [2.45, 2.75) is 11.8 Å². The van der Waals surface area contributed by atoms with Gasteiger partial charge in [-0.2, -0.15) is 0 Å². The minimum Gasteiger partial charge on any atom is -0.229 e. The zero-order valence-corrected chi connectivity index (χ0v) is 13.9. The van der Waals surface area contributed by atoms with Crippen molar-refractivity contribution in [2.24, 2.45) is 0 Å². The molecule has 0 radical (unpaired) electrons. The molecule has 0 aromatic heterocycles. The van der Waals surface area contributed by atoms with Gasteiger partial charge in [0.25, 0.3) is 0 Å². The van der Waals surface area contributed by atoms with Gasteiger partial charge >= 0.3 is 0 Å². The summed E-state index contributed by atoms with van der Waals surface area (Å²) in [5, 5.41) is 0. The van der Waals surface area contributed by atoms with Gasteiger partial charge in [0.15, 0.2) is 0 Å². The highest BCUT2D eigenvalue weighted by Crippen LogP contribution is 2.36. The van der Waals surface area contributed by atoms with E-state index in [4.69, 9.17) is 23.2 Å². The fourth-order valence-electron chi connectivity index (χ4n) is 1.72. The van der Waals surface area contributed by atoms with E-state index in [1.165, 1.54) is 6.26 Å². The lowest BCUT2D eigenvalue weighted by Gasteiger charge is -2.31. The predicted molar refractivity (Wildman–Crippen MR) is 81.6 cm³/mol. The quantitative estimate of drug-likeness (QED) is 0.714. The Hall–Kier alpha value is 0.230. The van der Waals surface area contributed by atoms with Crippen LogP contribution in [0, 0.1) is 0 Å². The van der Waals surface area contributed by atoms with Crippen LogP contribution in [0.4, 0.5) is 0 Å². The van der Waals surface area contributed by atoms with Crippen molar-refractivity contribution in [1.82, 2.24) is 0 Å². The molecule has 2 nitrogen and oxygen atoms in total. The van der Waals surface area contributed by atoms with Crippen LogP contribution in [0.15, 0.2) is 28.7 Å². The molecule has 0 heterocycles. The van der Waals surface area contributed by atoms with Gasteiger partial charge in [-0.05, 0) is 18.1 Å². The first-order chi connectivity index (χ1) is 8.34. The maximum Gasteiger partial charge on any atom is 0.147 e. The first-order valence-corrected chi connectivity index (χ1v) is 9.31. The first-order valence-electron chi connectivity index (χ1n) is 5.39. The van der Waals surface area contributed by atoms with Crippen LogP contribution in [0.25, 0.3) is 0 Å². The average molecular weight is 374 g/mol. The lowest BCUT2D eigenvalue weighted by atomic mass is 9.82.